The molecule has 0 atom stereocenters. The number of aromatic nitrogens is 2. The van der Waals surface area contributed by atoms with E-state index in [2.05, 4.69) is 31.2 Å². The van der Waals surface area contributed by atoms with Crippen LogP contribution in [0.5, 0.6) is 5.88 Å². The second-order valence-electron chi connectivity index (χ2n) is 3.36. The van der Waals surface area contributed by atoms with Crippen LogP contribution in [-0.4, -0.2) is 36.3 Å². The Bertz CT molecular complexity index is 334. The zero-order valence-electron chi connectivity index (χ0n) is 9.66. The molecule has 1 aromatic heterocycles. The molecule has 0 radical (unpaired) electrons. The highest BCUT2D eigenvalue weighted by molar-refractivity contribution is 9.10. The summed E-state index contributed by atoms with van der Waals surface area (Å²) in [6.45, 7) is 4.99. The van der Waals surface area contributed by atoms with Crippen molar-refractivity contribution in [3.63, 3.8) is 0 Å². The molecule has 0 spiro atoms. The number of anilines is 1. The van der Waals surface area contributed by atoms with Gasteiger partial charge in [0.25, 0.3) is 0 Å². The standard InChI is InChI=1S/C10H16BrN3O2/c1-7(2)15-4-5-16-9-8(11)6-13-10(12-3)14-9/h6-7H,4-5H2,1-3H3,(H,12,13,14). The van der Waals surface area contributed by atoms with Crippen LogP contribution in [0.4, 0.5) is 5.95 Å². The predicted octanol–water partition coefficient (Wildman–Crippen LogP) is 2.08. The first-order chi connectivity index (χ1) is 7.63. The van der Waals surface area contributed by atoms with Crippen molar-refractivity contribution in [1.29, 1.82) is 0 Å². The van der Waals surface area contributed by atoms with Crippen molar-refractivity contribution in [2.45, 2.75) is 20.0 Å². The zero-order chi connectivity index (χ0) is 12.0. The van der Waals surface area contributed by atoms with Crippen LogP contribution in [0.2, 0.25) is 0 Å². The first-order valence-electron chi connectivity index (χ1n) is 5.08. The molecular weight excluding hydrogens is 274 g/mol. The molecule has 0 aliphatic rings. The fourth-order valence-electron chi connectivity index (χ4n) is 0.995. The Morgan fingerprint density at radius 2 is 2.19 bits per heavy atom. The highest BCUT2D eigenvalue weighted by atomic mass is 79.9. The van der Waals surface area contributed by atoms with Gasteiger partial charge < -0.3 is 14.8 Å². The lowest BCUT2D eigenvalue weighted by Crippen LogP contribution is -2.12. The molecule has 0 amide bonds. The molecule has 1 N–H and O–H groups in total. The third-order valence-electron chi connectivity index (χ3n) is 1.71. The normalized spacial score (nSPS) is 10.6. The Labute approximate surface area is 104 Å². The van der Waals surface area contributed by atoms with Crippen molar-refractivity contribution in [2.24, 2.45) is 0 Å². The van der Waals surface area contributed by atoms with Gasteiger partial charge in [-0.05, 0) is 29.8 Å². The van der Waals surface area contributed by atoms with Crippen LogP contribution >= 0.6 is 15.9 Å². The van der Waals surface area contributed by atoms with Gasteiger partial charge in [0.1, 0.15) is 6.61 Å². The Morgan fingerprint density at radius 3 is 2.81 bits per heavy atom. The van der Waals surface area contributed by atoms with E-state index in [1.165, 1.54) is 0 Å². The molecule has 90 valence electrons. The summed E-state index contributed by atoms with van der Waals surface area (Å²) in [7, 11) is 1.76. The second kappa shape index (κ2) is 6.65. The summed E-state index contributed by atoms with van der Waals surface area (Å²) >= 11 is 3.32. The van der Waals surface area contributed by atoms with Gasteiger partial charge in [0.05, 0.1) is 23.4 Å². The average Bonchev–Trinajstić information content (AvgIpc) is 2.26. The zero-order valence-corrected chi connectivity index (χ0v) is 11.2. The average molecular weight is 290 g/mol. The van der Waals surface area contributed by atoms with Crippen LogP contribution in [0.1, 0.15) is 13.8 Å². The molecule has 1 heterocycles. The lowest BCUT2D eigenvalue weighted by Gasteiger charge is -2.10. The van der Waals surface area contributed by atoms with Crippen molar-refractivity contribution in [3.05, 3.63) is 10.7 Å². The van der Waals surface area contributed by atoms with E-state index in [-0.39, 0.29) is 6.10 Å². The second-order valence-corrected chi connectivity index (χ2v) is 4.22. The molecule has 0 bridgehead atoms. The number of nitrogens with one attached hydrogen (secondary N) is 1. The maximum atomic E-state index is 5.47. The molecule has 0 aromatic carbocycles. The molecule has 1 rings (SSSR count). The van der Waals surface area contributed by atoms with Crippen LogP contribution in [0, 0.1) is 0 Å². The van der Waals surface area contributed by atoms with E-state index in [0.29, 0.717) is 25.0 Å². The van der Waals surface area contributed by atoms with E-state index in [1.807, 2.05) is 13.8 Å². The Hall–Kier alpha value is -0.880. The molecule has 0 aliphatic heterocycles. The fourth-order valence-corrected chi connectivity index (χ4v) is 1.30. The smallest absolute Gasteiger partial charge is 0.232 e. The third-order valence-corrected chi connectivity index (χ3v) is 2.25. The molecular formula is C10H16BrN3O2. The molecule has 0 aliphatic carbocycles. The van der Waals surface area contributed by atoms with Gasteiger partial charge in [-0.25, -0.2) is 4.98 Å². The number of ether oxygens (including phenoxy) is 2. The third kappa shape index (κ3) is 4.32. The van der Waals surface area contributed by atoms with Crippen molar-refractivity contribution >= 4 is 21.9 Å². The summed E-state index contributed by atoms with van der Waals surface area (Å²) in [6, 6.07) is 0. The molecule has 0 unspecified atom stereocenters. The summed E-state index contributed by atoms with van der Waals surface area (Å²) in [5.41, 5.74) is 0. The molecule has 0 fully saturated rings. The fraction of sp³-hybridized carbons (Fsp3) is 0.600. The largest absolute Gasteiger partial charge is 0.474 e. The quantitative estimate of drug-likeness (QED) is 0.813. The van der Waals surface area contributed by atoms with E-state index in [9.17, 15) is 0 Å². The molecule has 0 saturated carbocycles. The summed E-state index contributed by atoms with van der Waals surface area (Å²) in [5.74, 6) is 1.05. The number of nitrogens with zero attached hydrogens (tertiary/aromatic N) is 2. The van der Waals surface area contributed by atoms with Crippen LogP contribution in [0.25, 0.3) is 0 Å². The molecule has 16 heavy (non-hydrogen) atoms. The summed E-state index contributed by atoms with van der Waals surface area (Å²) < 4.78 is 11.6. The van der Waals surface area contributed by atoms with Gasteiger partial charge in [-0.1, -0.05) is 0 Å². The van der Waals surface area contributed by atoms with Gasteiger partial charge in [-0.2, -0.15) is 4.98 Å². The van der Waals surface area contributed by atoms with Gasteiger partial charge in [0, 0.05) is 7.05 Å². The minimum atomic E-state index is 0.213. The van der Waals surface area contributed by atoms with Crippen LogP contribution in [0.15, 0.2) is 10.7 Å². The maximum Gasteiger partial charge on any atom is 0.232 e. The van der Waals surface area contributed by atoms with Crippen LogP contribution in [-0.2, 0) is 4.74 Å². The van der Waals surface area contributed by atoms with Gasteiger partial charge in [0.2, 0.25) is 11.8 Å². The Kier molecular flexibility index (Phi) is 5.48. The van der Waals surface area contributed by atoms with Crippen molar-refractivity contribution in [2.75, 3.05) is 25.6 Å². The monoisotopic (exact) mass is 289 g/mol. The number of hydrogen-bond donors (Lipinski definition) is 1. The maximum absolute atomic E-state index is 5.47. The minimum Gasteiger partial charge on any atom is -0.474 e. The number of hydrogen-bond acceptors (Lipinski definition) is 5. The van der Waals surface area contributed by atoms with E-state index >= 15 is 0 Å². The van der Waals surface area contributed by atoms with Crippen LogP contribution in [0.3, 0.4) is 0 Å². The lowest BCUT2D eigenvalue weighted by molar-refractivity contribution is 0.0541. The van der Waals surface area contributed by atoms with E-state index in [1.54, 1.807) is 13.2 Å². The summed E-state index contributed by atoms with van der Waals surface area (Å²) in [6.07, 6.45) is 1.86. The van der Waals surface area contributed by atoms with Gasteiger partial charge in [-0.3, -0.25) is 0 Å². The SMILES string of the molecule is CNc1ncc(Br)c(OCCOC(C)C)n1. The van der Waals surface area contributed by atoms with Crippen molar-refractivity contribution in [3.8, 4) is 5.88 Å². The van der Waals surface area contributed by atoms with Crippen molar-refractivity contribution < 1.29 is 9.47 Å². The predicted molar refractivity (Wildman–Crippen MR) is 65.9 cm³/mol. The topological polar surface area (TPSA) is 56.3 Å². The number of halogens is 1. The highest BCUT2D eigenvalue weighted by Gasteiger charge is 2.05. The molecule has 1 aromatic rings. The molecule has 5 nitrogen and oxygen atoms in total. The Balaban J connectivity index is 2.46. The summed E-state index contributed by atoms with van der Waals surface area (Å²) in [4.78, 5) is 8.19. The van der Waals surface area contributed by atoms with E-state index in [0.717, 1.165) is 4.47 Å². The minimum absolute atomic E-state index is 0.213. The van der Waals surface area contributed by atoms with E-state index in [4.69, 9.17) is 9.47 Å². The summed E-state index contributed by atoms with van der Waals surface area (Å²) in [5, 5.41) is 2.85. The van der Waals surface area contributed by atoms with Gasteiger partial charge >= 0.3 is 0 Å². The van der Waals surface area contributed by atoms with Gasteiger partial charge in [0.15, 0.2) is 0 Å². The lowest BCUT2D eigenvalue weighted by atomic mass is 10.5. The highest BCUT2D eigenvalue weighted by Crippen LogP contribution is 2.22. The van der Waals surface area contributed by atoms with E-state index < -0.39 is 0 Å². The van der Waals surface area contributed by atoms with Crippen LogP contribution < -0.4 is 10.1 Å². The molecule has 6 heteroatoms. The van der Waals surface area contributed by atoms with Gasteiger partial charge in [-0.15, -0.1) is 0 Å². The Morgan fingerprint density at radius 1 is 1.44 bits per heavy atom. The first-order valence-corrected chi connectivity index (χ1v) is 5.87. The molecule has 0 saturated heterocycles. The first kappa shape index (κ1) is 13.2. The van der Waals surface area contributed by atoms with Crippen molar-refractivity contribution in [1.82, 2.24) is 9.97 Å². The number of rotatable bonds is 6.